The number of fused-ring (bicyclic) bond motifs is 1. The highest BCUT2D eigenvalue weighted by molar-refractivity contribution is 5.85. The lowest BCUT2D eigenvalue weighted by atomic mass is 9.65. The number of benzene rings is 2. The highest BCUT2D eigenvalue weighted by atomic mass is 16.5. The first-order valence-corrected chi connectivity index (χ1v) is 7.99. The fourth-order valence-corrected chi connectivity index (χ4v) is 2.73. The summed E-state index contributed by atoms with van der Waals surface area (Å²) in [6.07, 6.45) is 1.78. The van der Waals surface area contributed by atoms with Gasteiger partial charge in [-0.1, -0.05) is 64.4 Å². The molecule has 0 heterocycles. The largest absolute Gasteiger partial charge is 0.426 e. The van der Waals surface area contributed by atoms with Gasteiger partial charge in [-0.15, -0.1) is 0 Å². The highest BCUT2D eigenvalue weighted by Crippen LogP contribution is 2.43. The maximum Gasteiger partial charge on any atom is 0.317 e. The molecule has 0 aromatic heterocycles. The molecule has 0 N–H and O–H groups in total. The van der Waals surface area contributed by atoms with Crippen LogP contribution < -0.4 is 4.74 Å². The minimum atomic E-state index is -0.493. The molecule has 2 rings (SSSR count). The number of hydrogen-bond acceptors (Lipinski definition) is 2. The summed E-state index contributed by atoms with van der Waals surface area (Å²) in [4.78, 5) is 12.8. The van der Waals surface area contributed by atoms with Crippen molar-refractivity contribution in [1.82, 2.24) is 0 Å². The van der Waals surface area contributed by atoms with Crippen molar-refractivity contribution in [2.75, 3.05) is 0 Å². The lowest BCUT2D eigenvalue weighted by Gasteiger charge is -2.39. The number of ether oxygens (including phenoxy) is 1. The molecule has 0 fully saturated rings. The van der Waals surface area contributed by atoms with Gasteiger partial charge in [0, 0.05) is 0 Å². The summed E-state index contributed by atoms with van der Waals surface area (Å²) in [5, 5.41) is 2.23. The van der Waals surface area contributed by atoms with Crippen LogP contribution in [0.15, 0.2) is 42.5 Å². The average Bonchev–Trinajstić information content (AvgIpc) is 2.46. The molecule has 1 unspecified atom stereocenters. The van der Waals surface area contributed by atoms with Crippen LogP contribution in [0.1, 0.15) is 47.5 Å². The van der Waals surface area contributed by atoms with E-state index < -0.39 is 5.41 Å². The second-order valence-corrected chi connectivity index (χ2v) is 7.23. The number of esters is 1. The Labute approximate surface area is 133 Å². The van der Waals surface area contributed by atoms with Crippen LogP contribution in [-0.2, 0) is 4.79 Å². The molecule has 118 valence electrons. The van der Waals surface area contributed by atoms with Crippen molar-refractivity contribution in [3.8, 4) is 5.75 Å². The predicted octanol–water partition coefficient (Wildman–Crippen LogP) is 5.60. The fraction of sp³-hybridized carbons (Fsp3) is 0.450. The third-order valence-electron chi connectivity index (χ3n) is 4.79. The Balaban J connectivity index is 2.28. The van der Waals surface area contributed by atoms with Crippen LogP contribution in [0.25, 0.3) is 10.8 Å². The molecular weight excluding hydrogens is 272 g/mol. The molecule has 0 spiro atoms. The van der Waals surface area contributed by atoms with Gasteiger partial charge < -0.3 is 4.74 Å². The SMILES string of the molecule is CCCC(C)(C(=O)Oc1ccc2ccccc2c1)C(C)(C)C. The van der Waals surface area contributed by atoms with Crippen LogP contribution in [-0.4, -0.2) is 5.97 Å². The quantitative estimate of drug-likeness (QED) is 0.542. The van der Waals surface area contributed by atoms with Gasteiger partial charge in [0.15, 0.2) is 0 Å². The molecule has 0 bridgehead atoms. The number of carbonyl (C=O) groups is 1. The maximum absolute atomic E-state index is 12.8. The Bertz CT molecular complexity index is 667. The van der Waals surface area contributed by atoms with Crippen LogP contribution >= 0.6 is 0 Å². The molecular formula is C20H26O2. The third kappa shape index (κ3) is 3.16. The monoisotopic (exact) mass is 298 g/mol. The molecule has 2 heteroatoms. The van der Waals surface area contributed by atoms with E-state index in [0.29, 0.717) is 5.75 Å². The maximum atomic E-state index is 12.8. The van der Waals surface area contributed by atoms with E-state index in [4.69, 9.17) is 4.74 Å². The van der Waals surface area contributed by atoms with Crippen LogP contribution in [0, 0.1) is 10.8 Å². The van der Waals surface area contributed by atoms with Crippen LogP contribution in [0.5, 0.6) is 5.75 Å². The van der Waals surface area contributed by atoms with Crippen molar-refractivity contribution in [3.05, 3.63) is 42.5 Å². The Morgan fingerprint density at radius 1 is 1.00 bits per heavy atom. The van der Waals surface area contributed by atoms with Crippen LogP contribution in [0.4, 0.5) is 0 Å². The lowest BCUT2D eigenvalue weighted by molar-refractivity contribution is -0.152. The summed E-state index contributed by atoms with van der Waals surface area (Å²) in [5.41, 5.74) is -0.635. The van der Waals surface area contributed by atoms with Crippen molar-refractivity contribution in [1.29, 1.82) is 0 Å². The van der Waals surface area contributed by atoms with Gasteiger partial charge in [0.25, 0.3) is 0 Å². The van der Waals surface area contributed by atoms with Crippen molar-refractivity contribution in [3.63, 3.8) is 0 Å². The zero-order valence-corrected chi connectivity index (χ0v) is 14.3. The zero-order chi connectivity index (χ0) is 16.4. The molecule has 0 saturated heterocycles. The van der Waals surface area contributed by atoms with E-state index in [1.54, 1.807) is 0 Å². The summed E-state index contributed by atoms with van der Waals surface area (Å²) in [6.45, 7) is 10.4. The fourth-order valence-electron chi connectivity index (χ4n) is 2.73. The summed E-state index contributed by atoms with van der Waals surface area (Å²) < 4.78 is 5.73. The van der Waals surface area contributed by atoms with E-state index in [2.05, 4.69) is 33.8 Å². The van der Waals surface area contributed by atoms with E-state index in [0.717, 1.165) is 23.6 Å². The van der Waals surface area contributed by atoms with Crippen molar-refractivity contribution < 1.29 is 9.53 Å². The molecule has 0 amide bonds. The summed E-state index contributed by atoms with van der Waals surface area (Å²) in [6, 6.07) is 13.9. The number of rotatable bonds is 4. The number of carbonyl (C=O) groups excluding carboxylic acids is 1. The molecule has 0 aliphatic carbocycles. The van der Waals surface area contributed by atoms with E-state index in [-0.39, 0.29) is 11.4 Å². The van der Waals surface area contributed by atoms with E-state index in [1.165, 1.54) is 0 Å². The molecule has 2 aromatic rings. The third-order valence-corrected chi connectivity index (χ3v) is 4.79. The van der Waals surface area contributed by atoms with E-state index >= 15 is 0 Å². The van der Waals surface area contributed by atoms with Gasteiger partial charge >= 0.3 is 5.97 Å². The van der Waals surface area contributed by atoms with Crippen molar-refractivity contribution in [2.45, 2.75) is 47.5 Å². The average molecular weight is 298 g/mol. The summed E-state index contributed by atoms with van der Waals surface area (Å²) in [5.74, 6) is 0.479. The van der Waals surface area contributed by atoms with Gasteiger partial charge in [-0.05, 0) is 41.7 Å². The standard InChI is InChI=1S/C20H26O2/c1-6-13-20(5,19(2,3)4)18(21)22-17-12-11-15-9-7-8-10-16(15)14-17/h7-12,14H,6,13H2,1-5H3. The van der Waals surface area contributed by atoms with E-state index in [1.807, 2.05) is 43.3 Å². The highest BCUT2D eigenvalue weighted by Gasteiger charge is 2.44. The Hall–Kier alpha value is -1.83. The summed E-state index contributed by atoms with van der Waals surface area (Å²) >= 11 is 0. The second kappa shape index (κ2) is 6.12. The van der Waals surface area contributed by atoms with Gasteiger partial charge in [-0.3, -0.25) is 4.79 Å². The molecule has 2 nitrogen and oxygen atoms in total. The van der Waals surface area contributed by atoms with Gasteiger partial charge in [-0.25, -0.2) is 0 Å². The van der Waals surface area contributed by atoms with Gasteiger partial charge in [0.2, 0.25) is 0 Å². The Morgan fingerprint density at radius 3 is 2.23 bits per heavy atom. The van der Waals surface area contributed by atoms with Crippen LogP contribution in [0.2, 0.25) is 0 Å². The van der Waals surface area contributed by atoms with Crippen molar-refractivity contribution in [2.24, 2.45) is 10.8 Å². The van der Waals surface area contributed by atoms with Crippen molar-refractivity contribution >= 4 is 16.7 Å². The van der Waals surface area contributed by atoms with Crippen LogP contribution in [0.3, 0.4) is 0 Å². The first-order valence-electron chi connectivity index (χ1n) is 7.99. The smallest absolute Gasteiger partial charge is 0.317 e. The molecule has 1 atom stereocenters. The summed E-state index contributed by atoms with van der Waals surface area (Å²) in [7, 11) is 0. The van der Waals surface area contributed by atoms with E-state index in [9.17, 15) is 4.79 Å². The predicted molar refractivity (Wildman–Crippen MR) is 92.1 cm³/mol. The second-order valence-electron chi connectivity index (χ2n) is 7.23. The normalized spacial score (nSPS) is 14.6. The van der Waals surface area contributed by atoms with Gasteiger partial charge in [0.05, 0.1) is 5.41 Å². The van der Waals surface area contributed by atoms with Gasteiger partial charge in [-0.2, -0.15) is 0 Å². The molecule has 0 saturated carbocycles. The molecule has 0 radical (unpaired) electrons. The molecule has 0 aliphatic rings. The zero-order valence-electron chi connectivity index (χ0n) is 14.3. The first kappa shape index (κ1) is 16.5. The minimum Gasteiger partial charge on any atom is -0.426 e. The Kier molecular flexibility index (Phi) is 4.60. The topological polar surface area (TPSA) is 26.3 Å². The number of hydrogen-bond donors (Lipinski definition) is 0. The van der Waals surface area contributed by atoms with Gasteiger partial charge in [0.1, 0.15) is 5.75 Å². The Morgan fingerprint density at radius 2 is 1.64 bits per heavy atom. The molecule has 22 heavy (non-hydrogen) atoms. The lowest BCUT2D eigenvalue weighted by Crippen LogP contribution is -2.43. The first-order chi connectivity index (χ1) is 10.3. The molecule has 2 aromatic carbocycles. The minimum absolute atomic E-state index is 0.142. The molecule has 0 aliphatic heterocycles.